The molecule has 1 atom stereocenters. The highest BCUT2D eigenvalue weighted by molar-refractivity contribution is 5.96. The summed E-state index contributed by atoms with van der Waals surface area (Å²) in [4.78, 5) is 12.0. The fraction of sp³-hybridized carbons (Fsp3) is 0.125. The van der Waals surface area contributed by atoms with Gasteiger partial charge in [-0.25, -0.2) is 4.39 Å². The van der Waals surface area contributed by atoms with E-state index >= 15 is 0 Å². The monoisotopic (exact) mass is 283 g/mol. The second-order valence-electron chi connectivity index (χ2n) is 4.55. The van der Waals surface area contributed by atoms with Crippen LogP contribution in [0, 0.1) is 17.1 Å². The van der Waals surface area contributed by atoms with Crippen molar-refractivity contribution in [2.24, 2.45) is 0 Å². The van der Waals surface area contributed by atoms with Crippen LogP contribution in [-0.2, 0) is 4.79 Å². The van der Waals surface area contributed by atoms with Gasteiger partial charge < -0.3 is 10.6 Å². The Morgan fingerprint density at radius 2 is 1.67 bits per heavy atom. The molecule has 0 fully saturated rings. The van der Waals surface area contributed by atoms with E-state index in [2.05, 4.69) is 10.6 Å². The summed E-state index contributed by atoms with van der Waals surface area (Å²) in [6.07, 6.45) is 0. The first-order chi connectivity index (χ1) is 10.1. The van der Waals surface area contributed by atoms with Gasteiger partial charge in [0, 0.05) is 11.4 Å². The van der Waals surface area contributed by atoms with Crippen molar-refractivity contribution in [3.8, 4) is 6.07 Å². The van der Waals surface area contributed by atoms with Gasteiger partial charge in [-0.1, -0.05) is 0 Å². The van der Waals surface area contributed by atoms with Crippen LogP contribution in [0.1, 0.15) is 12.5 Å². The van der Waals surface area contributed by atoms with Gasteiger partial charge in [0.25, 0.3) is 0 Å². The minimum atomic E-state index is -0.480. The topological polar surface area (TPSA) is 64.9 Å². The molecule has 0 aliphatic heterocycles. The minimum Gasteiger partial charge on any atom is -0.374 e. The van der Waals surface area contributed by atoms with Gasteiger partial charge in [-0.15, -0.1) is 0 Å². The SMILES string of the molecule is C[C@H](Nc1ccc(F)cc1)C(=O)Nc1ccc(C#N)cc1. The Kier molecular flexibility index (Phi) is 4.52. The molecule has 1 amide bonds. The summed E-state index contributed by atoms with van der Waals surface area (Å²) in [5, 5.41) is 14.4. The van der Waals surface area contributed by atoms with Crippen LogP contribution in [-0.4, -0.2) is 11.9 Å². The highest BCUT2D eigenvalue weighted by atomic mass is 19.1. The molecule has 21 heavy (non-hydrogen) atoms. The molecule has 0 unspecified atom stereocenters. The van der Waals surface area contributed by atoms with Crippen molar-refractivity contribution in [1.82, 2.24) is 0 Å². The molecule has 0 aliphatic carbocycles. The zero-order valence-electron chi connectivity index (χ0n) is 11.4. The van der Waals surface area contributed by atoms with Gasteiger partial charge >= 0.3 is 0 Å². The molecule has 2 aromatic rings. The van der Waals surface area contributed by atoms with Gasteiger partial charge in [0.2, 0.25) is 5.91 Å². The van der Waals surface area contributed by atoms with Crippen molar-refractivity contribution in [3.63, 3.8) is 0 Å². The number of nitrogens with zero attached hydrogens (tertiary/aromatic N) is 1. The minimum absolute atomic E-state index is 0.218. The molecule has 0 radical (unpaired) electrons. The van der Waals surface area contributed by atoms with E-state index in [0.29, 0.717) is 16.9 Å². The quantitative estimate of drug-likeness (QED) is 0.906. The van der Waals surface area contributed by atoms with Crippen LogP contribution < -0.4 is 10.6 Å². The lowest BCUT2D eigenvalue weighted by atomic mass is 10.2. The molecular formula is C16H14FN3O. The van der Waals surface area contributed by atoms with Crippen molar-refractivity contribution >= 4 is 17.3 Å². The second-order valence-corrected chi connectivity index (χ2v) is 4.55. The molecule has 0 aliphatic rings. The van der Waals surface area contributed by atoms with Crippen molar-refractivity contribution in [2.45, 2.75) is 13.0 Å². The van der Waals surface area contributed by atoms with Gasteiger partial charge in [0.15, 0.2) is 0 Å². The molecule has 0 aromatic heterocycles. The number of nitriles is 1. The van der Waals surface area contributed by atoms with Crippen molar-refractivity contribution in [3.05, 3.63) is 59.9 Å². The van der Waals surface area contributed by atoms with Crippen LogP contribution in [0.5, 0.6) is 0 Å². The Labute approximate surface area is 122 Å². The Morgan fingerprint density at radius 3 is 2.24 bits per heavy atom. The predicted octanol–water partition coefficient (Wildman–Crippen LogP) is 3.14. The summed E-state index contributed by atoms with van der Waals surface area (Å²) in [6, 6.07) is 13.9. The number of carbonyl (C=O) groups is 1. The van der Waals surface area contributed by atoms with Crippen molar-refractivity contribution < 1.29 is 9.18 Å². The van der Waals surface area contributed by atoms with E-state index in [9.17, 15) is 9.18 Å². The summed E-state index contributed by atoms with van der Waals surface area (Å²) in [6.45, 7) is 1.71. The van der Waals surface area contributed by atoms with Gasteiger partial charge in [0.05, 0.1) is 11.6 Å². The molecule has 0 heterocycles. The van der Waals surface area contributed by atoms with E-state index in [1.54, 1.807) is 43.3 Å². The van der Waals surface area contributed by atoms with Crippen LogP contribution in [0.15, 0.2) is 48.5 Å². The summed E-state index contributed by atoms with van der Waals surface area (Å²) < 4.78 is 12.8. The number of carbonyl (C=O) groups excluding carboxylic acids is 1. The predicted molar refractivity (Wildman–Crippen MR) is 79.3 cm³/mol. The third kappa shape index (κ3) is 4.05. The maximum absolute atomic E-state index is 12.8. The molecule has 0 spiro atoms. The summed E-state index contributed by atoms with van der Waals surface area (Å²) in [5.41, 5.74) is 1.82. The smallest absolute Gasteiger partial charge is 0.246 e. The van der Waals surface area contributed by atoms with Gasteiger partial charge in [-0.3, -0.25) is 4.79 Å². The van der Waals surface area contributed by atoms with Gasteiger partial charge in [-0.2, -0.15) is 5.26 Å². The molecule has 0 saturated carbocycles. The van der Waals surface area contributed by atoms with Gasteiger partial charge in [0.1, 0.15) is 11.9 Å². The Bertz CT molecular complexity index is 659. The standard InChI is InChI=1S/C16H14FN3O/c1-11(19-14-8-4-13(17)5-9-14)16(21)20-15-6-2-12(10-18)3-7-15/h2-9,11,19H,1H3,(H,20,21)/t11-/m0/s1. The number of anilines is 2. The molecule has 4 nitrogen and oxygen atoms in total. The van der Waals surface area contributed by atoms with Crippen molar-refractivity contribution in [2.75, 3.05) is 10.6 Å². The van der Waals surface area contributed by atoms with Gasteiger partial charge in [-0.05, 0) is 55.5 Å². The third-order valence-electron chi connectivity index (χ3n) is 2.90. The fourth-order valence-corrected chi connectivity index (χ4v) is 1.74. The molecule has 5 heteroatoms. The Balaban J connectivity index is 1.95. The number of hydrogen-bond donors (Lipinski definition) is 2. The number of benzene rings is 2. The molecule has 0 saturated heterocycles. The first kappa shape index (κ1) is 14.5. The van der Waals surface area contributed by atoms with E-state index in [0.717, 1.165) is 0 Å². The molecule has 2 N–H and O–H groups in total. The summed E-state index contributed by atoms with van der Waals surface area (Å²) >= 11 is 0. The van der Waals surface area contributed by atoms with Crippen LogP contribution in [0.3, 0.4) is 0 Å². The normalized spacial score (nSPS) is 11.3. The fourth-order valence-electron chi connectivity index (χ4n) is 1.74. The Hall–Kier alpha value is -2.87. The van der Waals surface area contributed by atoms with E-state index in [-0.39, 0.29) is 11.7 Å². The number of halogens is 1. The summed E-state index contributed by atoms with van der Waals surface area (Å²) in [7, 11) is 0. The lowest BCUT2D eigenvalue weighted by Gasteiger charge is -2.15. The number of rotatable bonds is 4. The molecular weight excluding hydrogens is 269 g/mol. The molecule has 2 aromatic carbocycles. The highest BCUT2D eigenvalue weighted by Gasteiger charge is 2.12. The van der Waals surface area contributed by atoms with Crippen LogP contribution in [0.4, 0.5) is 15.8 Å². The molecule has 0 bridgehead atoms. The lowest BCUT2D eigenvalue weighted by Crippen LogP contribution is -2.31. The maximum Gasteiger partial charge on any atom is 0.246 e. The van der Waals surface area contributed by atoms with E-state index in [1.807, 2.05) is 6.07 Å². The average Bonchev–Trinajstić information content (AvgIpc) is 2.50. The van der Waals surface area contributed by atoms with Crippen molar-refractivity contribution in [1.29, 1.82) is 5.26 Å². The van der Waals surface area contributed by atoms with E-state index < -0.39 is 6.04 Å². The number of nitrogens with one attached hydrogen (secondary N) is 2. The first-order valence-electron chi connectivity index (χ1n) is 6.41. The summed E-state index contributed by atoms with van der Waals surface area (Å²) in [5.74, 6) is -0.542. The number of hydrogen-bond acceptors (Lipinski definition) is 3. The lowest BCUT2D eigenvalue weighted by molar-refractivity contribution is -0.116. The second kappa shape index (κ2) is 6.53. The van der Waals surface area contributed by atoms with Crippen LogP contribution >= 0.6 is 0 Å². The molecule has 106 valence electrons. The van der Waals surface area contributed by atoms with Crippen LogP contribution in [0.2, 0.25) is 0 Å². The highest BCUT2D eigenvalue weighted by Crippen LogP contribution is 2.12. The zero-order valence-corrected chi connectivity index (χ0v) is 11.4. The largest absolute Gasteiger partial charge is 0.374 e. The Morgan fingerprint density at radius 1 is 1.10 bits per heavy atom. The van der Waals surface area contributed by atoms with E-state index in [4.69, 9.17) is 5.26 Å². The zero-order chi connectivity index (χ0) is 15.2. The maximum atomic E-state index is 12.8. The average molecular weight is 283 g/mol. The first-order valence-corrected chi connectivity index (χ1v) is 6.41. The number of amides is 1. The third-order valence-corrected chi connectivity index (χ3v) is 2.90. The van der Waals surface area contributed by atoms with E-state index in [1.165, 1.54) is 12.1 Å². The van der Waals surface area contributed by atoms with Crippen LogP contribution in [0.25, 0.3) is 0 Å². The molecule has 2 rings (SSSR count).